The Hall–Kier alpha value is -1.68. The molecule has 0 spiro atoms. The summed E-state index contributed by atoms with van der Waals surface area (Å²) in [4.78, 5) is 12.0. The van der Waals surface area contributed by atoms with Gasteiger partial charge in [0.15, 0.2) is 0 Å². The highest BCUT2D eigenvalue weighted by Gasteiger charge is 2.14. The molecule has 4 nitrogen and oxygen atoms in total. The molecule has 2 heterocycles. The van der Waals surface area contributed by atoms with Gasteiger partial charge in [0.1, 0.15) is 5.82 Å². The largest absolute Gasteiger partial charge is 0.345 e. The quantitative estimate of drug-likeness (QED) is 0.846. The summed E-state index contributed by atoms with van der Waals surface area (Å²) >= 11 is 0. The Morgan fingerprint density at radius 2 is 2.06 bits per heavy atom. The second-order valence-corrected chi connectivity index (χ2v) is 4.17. The lowest BCUT2D eigenvalue weighted by atomic mass is 10.1. The molecule has 4 heteroatoms. The molecule has 0 saturated carbocycles. The highest BCUT2D eigenvalue weighted by atomic mass is 14.9. The van der Waals surface area contributed by atoms with Gasteiger partial charge in [-0.05, 0) is 25.5 Å². The minimum Gasteiger partial charge on any atom is -0.345 e. The molecule has 0 amide bonds. The summed E-state index contributed by atoms with van der Waals surface area (Å²) in [6.45, 7) is 4.79. The van der Waals surface area contributed by atoms with Crippen LogP contribution in [0.1, 0.15) is 30.8 Å². The van der Waals surface area contributed by atoms with Gasteiger partial charge in [0.25, 0.3) is 0 Å². The molecule has 3 N–H and O–H groups in total. The number of nitrogens with zero attached hydrogens (tertiary/aromatic N) is 2. The van der Waals surface area contributed by atoms with E-state index in [1.54, 1.807) is 12.4 Å². The Labute approximate surface area is 101 Å². The molecule has 0 aliphatic carbocycles. The molecule has 0 aliphatic heterocycles. The number of aromatic nitrogens is 3. The van der Waals surface area contributed by atoms with Crippen molar-refractivity contribution in [3.05, 3.63) is 36.0 Å². The van der Waals surface area contributed by atoms with E-state index in [-0.39, 0.29) is 0 Å². The molecule has 17 heavy (non-hydrogen) atoms. The van der Waals surface area contributed by atoms with Crippen molar-refractivity contribution in [2.45, 2.75) is 26.2 Å². The average Bonchev–Trinajstić information content (AvgIpc) is 2.74. The van der Waals surface area contributed by atoms with Crippen molar-refractivity contribution in [2.24, 2.45) is 5.73 Å². The number of hydrogen-bond acceptors (Lipinski definition) is 3. The molecule has 0 fully saturated rings. The Balaban J connectivity index is 2.37. The molecule has 0 saturated heterocycles. The van der Waals surface area contributed by atoms with E-state index in [1.165, 1.54) is 0 Å². The Kier molecular flexibility index (Phi) is 3.54. The average molecular weight is 230 g/mol. The molecular formula is C13H18N4. The molecule has 2 aromatic heterocycles. The van der Waals surface area contributed by atoms with Crippen LogP contribution >= 0.6 is 0 Å². The van der Waals surface area contributed by atoms with Crippen LogP contribution in [0.2, 0.25) is 0 Å². The molecule has 1 unspecified atom stereocenters. The highest BCUT2D eigenvalue weighted by Crippen LogP contribution is 2.24. The van der Waals surface area contributed by atoms with Gasteiger partial charge in [-0.25, -0.2) is 4.98 Å². The zero-order valence-corrected chi connectivity index (χ0v) is 10.3. The third-order valence-corrected chi connectivity index (χ3v) is 3.02. The summed E-state index contributed by atoms with van der Waals surface area (Å²) in [7, 11) is 0. The first kappa shape index (κ1) is 11.8. The van der Waals surface area contributed by atoms with Crippen molar-refractivity contribution in [1.82, 2.24) is 15.0 Å². The molecule has 1 atom stereocenters. The second kappa shape index (κ2) is 5.10. The Bertz CT molecular complexity index is 471. The zero-order chi connectivity index (χ0) is 12.3. The number of H-pyrrole nitrogens is 1. The van der Waals surface area contributed by atoms with E-state index < -0.39 is 0 Å². The molecule has 0 radical (unpaired) electrons. The third-order valence-electron chi connectivity index (χ3n) is 3.02. The maximum Gasteiger partial charge on any atom is 0.111 e. The molecule has 0 bridgehead atoms. The number of aromatic amines is 1. The topological polar surface area (TPSA) is 67.6 Å². The van der Waals surface area contributed by atoms with E-state index in [9.17, 15) is 0 Å². The Morgan fingerprint density at radius 3 is 2.65 bits per heavy atom. The van der Waals surface area contributed by atoms with Crippen LogP contribution in [0.4, 0.5) is 0 Å². The van der Waals surface area contributed by atoms with Gasteiger partial charge in [0.2, 0.25) is 0 Å². The maximum absolute atomic E-state index is 5.74. The number of pyridine rings is 1. The first-order valence-corrected chi connectivity index (χ1v) is 5.93. The number of aryl methyl sites for hydroxylation is 1. The summed E-state index contributed by atoms with van der Waals surface area (Å²) in [6.07, 6.45) is 4.56. The van der Waals surface area contributed by atoms with Crippen LogP contribution in [0.3, 0.4) is 0 Å². The standard InChI is InChI=1S/C13H18N4/c1-3-10(8-14)13-16-9(2)12(17-13)11-4-6-15-7-5-11/h4-7,10H,3,8,14H2,1-2H3,(H,16,17). The molecule has 2 aromatic rings. The van der Waals surface area contributed by atoms with E-state index in [2.05, 4.69) is 21.9 Å². The van der Waals surface area contributed by atoms with Crippen LogP contribution in [0.5, 0.6) is 0 Å². The minimum absolute atomic E-state index is 0.310. The molecule has 90 valence electrons. The van der Waals surface area contributed by atoms with Crippen molar-refractivity contribution >= 4 is 0 Å². The van der Waals surface area contributed by atoms with E-state index >= 15 is 0 Å². The van der Waals surface area contributed by atoms with Gasteiger partial charge >= 0.3 is 0 Å². The molecule has 2 rings (SSSR count). The second-order valence-electron chi connectivity index (χ2n) is 4.17. The fourth-order valence-electron chi connectivity index (χ4n) is 1.94. The number of nitrogens with one attached hydrogen (secondary N) is 1. The van der Waals surface area contributed by atoms with Crippen molar-refractivity contribution in [1.29, 1.82) is 0 Å². The monoisotopic (exact) mass is 230 g/mol. The van der Waals surface area contributed by atoms with Gasteiger partial charge in [-0.2, -0.15) is 0 Å². The smallest absolute Gasteiger partial charge is 0.111 e. The molecular weight excluding hydrogens is 212 g/mol. The summed E-state index contributed by atoms with van der Waals surface area (Å²) in [5.74, 6) is 1.29. The lowest BCUT2D eigenvalue weighted by Crippen LogP contribution is -2.12. The van der Waals surface area contributed by atoms with E-state index in [1.807, 2.05) is 19.1 Å². The number of hydrogen-bond donors (Lipinski definition) is 2. The van der Waals surface area contributed by atoms with Crippen molar-refractivity contribution in [2.75, 3.05) is 6.54 Å². The lowest BCUT2D eigenvalue weighted by Gasteiger charge is -2.07. The van der Waals surface area contributed by atoms with Crippen LogP contribution < -0.4 is 5.73 Å². The minimum atomic E-state index is 0.310. The summed E-state index contributed by atoms with van der Waals surface area (Å²) in [5.41, 5.74) is 8.91. The van der Waals surface area contributed by atoms with Crippen LogP contribution in [0.15, 0.2) is 24.5 Å². The first-order chi connectivity index (χ1) is 8.26. The normalized spacial score (nSPS) is 12.6. The van der Waals surface area contributed by atoms with Crippen LogP contribution in [0.25, 0.3) is 11.3 Å². The van der Waals surface area contributed by atoms with Crippen molar-refractivity contribution in [3.63, 3.8) is 0 Å². The van der Waals surface area contributed by atoms with E-state index in [0.717, 1.165) is 29.2 Å². The lowest BCUT2D eigenvalue weighted by molar-refractivity contribution is 0.638. The highest BCUT2D eigenvalue weighted by molar-refractivity contribution is 5.61. The summed E-state index contributed by atoms with van der Waals surface area (Å²) in [5, 5.41) is 0. The van der Waals surface area contributed by atoms with Gasteiger partial charge < -0.3 is 10.7 Å². The van der Waals surface area contributed by atoms with Crippen LogP contribution in [-0.4, -0.2) is 21.5 Å². The number of nitrogens with two attached hydrogens (primary N) is 1. The summed E-state index contributed by atoms with van der Waals surface area (Å²) in [6, 6.07) is 3.94. The number of rotatable bonds is 4. The number of imidazole rings is 1. The van der Waals surface area contributed by atoms with E-state index in [0.29, 0.717) is 12.5 Å². The SMILES string of the molecule is CCC(CN)c1nc(-c2ccncc2)c(C)[nH]1. The van der Waals surface area contributed by atoms with Gasteiger partial charge in [-0.3, -0.25) is 4.98 Å². The first-order valence-electron chi connectivity index (χ1n) is 5.93. The van der Waals surface area contributed by atoms with Gasteiger partial charge in [0, 0.05) is 36.1 Å². The van der Waals surface area contributed by atoms with Gasteiger partial charge in [0.05, 0.1) is 5.69 Å². The zero-order valence-electron chi connectivity index (χ0n) is 10.3. The molecule has 0 aromatic carbocycles. The van der Waals surface area contributed by atoms with E-state index in [4.69, 9.17) is 5.73 Å². The molecule has 0 aliphatic rings. The fourth-order valence-corrected chi connectivity index (χ4v) is 1.94. The van der Waals surface area contributed by atoms with Gasteiger partial charge in [-0.1, -0.05) is 6.92 Å². The Morgan fingerprint density at radius 1 is 1.35 bits per heavy atom. The van der Waals surface area contributed by atoms with Gasteiger partial charge in [-0.15, -0.1) is 0 Å². The third kappa shape index (κ3) is 2.36. The predicted molar refractivity (Wildman–Crippen MR) is 68.6 cm³/mol. The van der Waals surface area contributed by atoms with Crippen molar-refractivity contribution < 1.29 is 0 Å². The fraction of sp³-hybridized carbons (Fsp3) is 0.385. The van der Waals surface area contributed by atoms with Crippen LogP contribution in [-0.2, 0) is 0 Å². The predicted octanol–water partition coefficient (Wildman–Crippen LogP) is 2.23. The summed E-state index contributed by atoms with van der Waals surface area (Å²) < 4.78 is 0. The van der Waals surface area contributed by atoms with Crippen molar-refractivity contribution in [3.8, 4) is 11.3 Å². The van der Waals surface area contributed by atoms with Crippen LogP contribution in [0, 0.1) is 6.92 Å². The maximum atomic E-state index is 5.74.